The Bertz CT molecular complexity index is 618. The molecule has 2 aromatic rings. The van der Waals surface area contributed by atoms with Crippen LogP contribution in [0.2, 0.25) is 5.02 Å². The van der Waals surface area contributed by atoms with Crippen molar-refractivity contribution in [2.45, 2.75) is 23.5 Å². The summed E-state index contributed by atoms with van der Waals surface area (Å²) in [7, 11) is 0. The van der Waals surface area contributed by atoms with Gasteiger partial charge in [0.25, 0.3) is 0 Å². The number of carbonyl (C=O) groups excluding carboxylic acids is 1. The van der Waals surface area contributed by atoms with E-state index in [1.807, 2.05) is 55.5 Å². The Balaban J connectivity index is 2.05. The Morgan fingerprint density at radius 2 is 1.90 bits per heavy atom. The van der Waals surface area contributed by atoms with E-state index in [-0.39, 0.29) is 11.2 Å². The molecule has 2 nitrogen and oxygen atoms in total. The van der Waals surface area contributed by atoms with Crippen LogP contribution < -0.4 is 5.32 Å². The number of amides is 1. The molecule has 2 aromatic carbocycles. The standard InChI is InChI=1S/C16H15BrClNOS/c1-2-15(21-12-9-7-11(18)8-10-12)16(20)19-14-6-4-3-5-13(14)17/h3-10,15H,2H2,1H3,(H,19,20)/t15-/m1/s1. The van der Waals surface area contributed by atoms with Gasteiger partial charge in [0.05, 0.1) is 10.9 Å². The number of hydrogen-bond donors (Lipinski definition) is 1. The first-order chi connectivity index (χ1) is 10.1. The van der Waals surface area contributed by atoms with Crippen molar-refractivity contribution in [1.29, 1.82) is 0 Å². The SMILES string of the molecule is CC[C@@H](Sc1ccc(Cl)cc1)C(=O)Nc1ccccc1Br. The average molecular weight is 385 g/mol. The van der Waals surface area contributed by atoms with Gasteiger partial charge in [-0.1, -0.05) is 30.7 Å². The van der Waals surface area contributed by atoms with Gasteiger partial charge in [-0.25, -0.2) is 0 Å². The molecule has 0 aliphatic carbocycles. The van der Waals surface area contributed by atoms with Gasteiger partial charge >= 0.3 is 0 Å². The molecule has 0 aliphatic heterocycles. The lowest BCUT2D eigenvalue weighted by atomic mass is 10.3. The molecule has 1 amide bonds. The number of anilines is 1. The molecule has 0 fully saturated rings. The fourth-order valence-electron chi connectivity index (χ4n) is 1.78. The molecule has 0 saturated heterocycles. The van der Waals surface area contributed by atoms with Crippen LogP contribution >= 0.6 is 39.3 Å². The van der Waals surface area contributed by atoms with E-state index >= 15 is 0 Å². The fourth-order valence-corrected chi connectivity index (χ4v) is 3.24. The van der Waals surface area contributed by atoms with Crippen molar-refractivity contribution in [2.75, 3.05) is 5.32 Å². The predicted molar refractivity (Wildman–Crippen MR) is 94.2 cm³/mol. The summed E-state index contributed by atoms with van der Waals surface area (Å²) in [4.78, 5) is 13.4. The van der Waals surface area contributed by atoms with Gasteiger partial charge in [-0.05, 0) is 58.7 Å². The van der Waals surface area contributed by atoms with Crippen LogP contribution in [0.1, 0.15) is 13.3 Å². The topological polar surface area (TPSA) is 29.1 Å². The normalized spacial score (nSPS) is 12.0. The molecule has 0 spiro atoms. The second-order valence-corrected chi connectivity index (χ2v) is 7.00. The zero-order chi connectivity index (χ0) is 15.2. The van der Waals surface area contributed by atoms with Crippen molar-refractivity contribution in [1.82, 2.24) is 0 Å². The minimum atomic E-state index is -0.140. The molecule has 0 saturated carbocycles. The summed E-state index contributed by atoms with van der Waals surface area (Å²) in [6, 6.07) is 15.1. The van der Waals surface area contributed by atoms with Crippen molar-refractivity contribution in [2.24, 2.45) is 0 Å². The molecule has 2 rings (SSSR count). The Morgan fingerprint density at radius 1 is 1.24 bits per heavy atom. The first kappa shape index (κ1) is 16.4. The first-order valence-corrected chi connectivity index (χ1v) is 8.63. The van der Waals surface area contributed by atoms with Crippen molar-refractivity contribution in [3.05, 3.63) is 58.0 Å². The summed E-state index contributed by atoms with van der Waals surface area (Å²) in [5.74, 6) is 0.00403. The molecule has 0 bridgehead atoms. The fraction of sp³-hybridized carbons (Fsp3) is 0.188. The van der Waals surface area contributed by atoms with Crippen LogP contribution in [0.25, 0.3) is 0 Å². The Labute approximate surface area is 142 Å². The highest BCUT2D eigenvalue weighted by Gasteiger charge is 2.18. The number of rotatable bonds is 5. The molecule has 110 valence electrons. The van der Waals surface area contributed by atoms with Crippen LogP contribution in [-0.4, -0.2) is 11.2 Å². The summed E-state index contributed by atoms with van der Waals surface area (Å²) < 4.78 is 0.879. The van der Waals surface area contributed by atoms with Crippen molar-refractivity contribution in [3.63, 3.8) is 0 Å². The number of benzene rings is 2. The summed E-state index contributed by atoms with van der Waals surface area (Å²) in [5, 5.41) is 3.52. The third-order valence-electron chi connectivity index (χ3n) is 2.89. The zero-order valence-electron chi connectivity index (χ0n) is 11.5. The summed E-state index contributed by atoms with van der Waals surface area (Å²) in [6.07, 6.45) is 0.754. The second kappa shape index (κ2) is 7.87. The minimum Gasteiger partial charge on any atom is -0.324 e. The van der Waals surface area contributed by atoms with E-state index in [0.717, 1.165) is 21.5 Å². The monoisotopic (exact) mass is 383 g/mol. The second-order valence-electron chi connectivity index (χ2n) is 4.44. The Kier molecular flexibility index (Phi) is 6.15. The highest BCUT2D eigenvalue weighted by molar-refractivity contribution is 9.10. The van der Waals surface area contributed by atoms with Gasteiger partial charge in [0.2, 0.25) is 5.91 Å². The van der Waals surface area contributed by atoms with Gasteiger partial charge < -0.3 is 5.32 Å². The number of halogens is 2. The molecule has 1 N–H and O–H groups in total. The maximum Gasteiger partial charge on any atom is 0.237 e. The van der Waals surface area contributed by atoms with E-state index < -0.39 is 0 Å². The van der Waals surface area contributed by atoms with E-state index in [0.29, 0.717) is 5.02 Å². The third kappa shape index (κ3) is 4.77. The maximum absolute atomic E-state index is 12.4. The van der Waals surface area contributed by atoms with Gasteiger partial charge in [-0.15, -0.1) is 11.8 Å². The first-order valence-electron chi connectivity index (χ1n) is 6.57. The maximum atomic E-state index is 12.4. The van der Waals surface area contributed by atoms with Gasteiger partial charge in [-0.2, -0.15) is 0 Å². The molecule has 0 unspecified atom stereocenters. The smallest absolute Gasteiger partial charge is 0.237 e. The molecule has 0 aromatic heterocycles. The van der Waals surface area contributed by atoms with Crippen LogP contribution in [0.15, 0.2) is 57.9 Å². The van der Waals surface area contributed by atoms with Crippen LogP contribution in [0.5, 0.6) is 0 Å². The zero-order valence-corrected chi connectivity index (χ0v) is 14.6. The largest absolute Gasteiger partial charge is 0.324 e. The molecule has 21 heavy (non-hydrogen) atoms. The minimum absolute atomic E-state index is 0.00403. The number of thioether (sulfide) groups is 1. The van der Waals surface area contributed by atoms with E-state index in [1.165, 1.54) is 0 Å². The van der Waals surface area contributed by atoms with E-state index in [1.54, 1.807) is 11.8 Å². The van der Waals surface area contributed by atoms with E-state index in [2.05, 4.69) is 21.2 Å². The molecule has 5 heteroatoms. The Hall–Kier alpha value is -0.970. The lowest BCUT2D eigenvalue weighted by Gasteiger charge is -2.15. The molecular formula is C16H15BrClNOS. The molecular weight excluding hydrogens is 370 g/mol. The molecule has 0 heterocycles. The van der Waals surface area contributed by atoms with Crippen molar-refractivity contribution < 1.29 is 4.79 Å². The van der Waals surface area contributed by atoms with Crippen LogP contribution in [0, 0.1) is 0 Å². The van der Waals surface area contributed by atoms with E-state index in [9.17, 15) is 4.79 Å². The van der Waals surface area contributed by atoms with Gasteiger partial charge in [0.1, 0.15) is 0 Å². The summed E-state index contributed by atoms with van der Waals surface area (Å²) >= 11 is 10.9. The number of nitrogens with one attached hydrogen (secondary N) is 1. The predicted octanol–water partition coefficient (Wildman–Crippen LogP) is 5.61. The van der Waals surface area contributed by atoms with Crippen LogP contribution in [0.3, 0.4) is 0 Å². The van der Waals surface area contributed by atoms with Gasteiger partial charge in [0, 0.05) is 14.4 Å². The highest BCUT2D eigenvalue weighted by atomic mass is 79.9. The average Bonchev–Trinajstić information content (AvgIpc) is 2.49. The summed E-state index contributed by atoms with van der Waals surface area (Å²) in [6.45, 7) is 2.01. The lowest BCUT2D eigenvalue weighted by molar-refractivity contribution is -0.115. The third-order valence-corrected chi connectivity index (χ3v) is 5.21. The Morgan fingerprint density at radius 3 is 2.52 bits per heavy atom. The van der Waals surface area contributed by atoms with Gasteiger partial charge in [-0.3, -0.25) is 4.79 Å². The van der Waals surface area contributed by atoms with Crippen molar-refractivity contribution in [3.8, 4) is 0 Å². The summed E-state index contributed by atoms with van der Waals surface area (Å²) in [5.41, 5.74) is 0.789. The lowest BCUT2D eigenvalue weighted by Crippen LogP contribution is -2.24. The number of para-hydroxylation sites is 1. The molecule has 1 atom stereocenters. The number of hydrogen-bond acceptors (Lipinski definition) is 2. The van der Waals surface area contributed by atoms with Gasteiger partial charge in [0.15, 0.2) is 0 Å². The van der Waals surface area contributed by atoms with E-state index in [4.69, 9.17) is 11.6 Å². The number of carbonyl (C=O) groups is 1. The molecule has 0 radical (unpaired) electrons. The molecule has 0 aliphatic rings. The quantitative estimate of drug-likeness (QED) is 0.679. The van der Waals surface area contributed by atoms with Crippen LogP contribution in [0.4, 0.5) is 5.69 Å². The van der Waals surface area contributed by atoms with Crippen LogP contribution in [-0.2, 0) is 4.79 Å². The van der Waals surface area contributed by atoms with Crippen molar-refractivity contribution >= 4 is 50.9 Å². The highest BCUT2D eigenvalue weighted by Crippen LogP contribution is 2.28.